The van der Waals surface area contributed by atoms with Crippen molar-refractivity contribution in [2.24, 2.45) is 0 Å². The Kier molecular flexibility index (Phi) is 10.2. The van der Waals surface area contributed by atoms with Gasteiger partial charge in [-0.1, -0.05) is 32.1 Å². The fourth-order valence-electron chi connectivity index (χ4n) is 1.40. The van der Waals surface area contributed by atoms with E-state index in [0.717, 1.165) is 44.9 Å². The fraction of sp³-hybridized carbons (Fsp3) is 0.818. The molecule has 0 atom stereocenters. The number of carbonyl (C=O) groups is 2. The van der Waals surface area contributed by atoms with E-state index in [1.807, 2.05) is 0 Å². The van der Waals surface area contributed by atoms with Gasteiger partial charge in [-0.15, -0.1) is 0 Å². The van der Waals surface area contributed by atoms with Crippen molar-refractivity contribution >= 4 is 12.4 Å². The number of hydrogen-bond acceptors (Lipinski definition) is 3. The molecule has 87 valence electrons. The summed E-state index contributed by atoms with van der Waals surface area (Å²) >= 11 is 0. The van der Waals surface area contributed by atoms with E-state index in [1.165, 1.54) is 0 Å². The maximum absolute atomic E-state index is 10.3. The minimum Gasteiger partial charge on any atom is -0.468 e. The Hall–Kier alpha value is -1.06. The number of unbranched alkanes of at least 4 members (excludes halogenated alkanes) is 6. The Balaban J connectivity index is 2.92. The highest BCUT2D eigenvalue weighted by atomic mass is 16.5. The third-order valence-electron chi connectivity index (χ3n) is 2.23. The normalized spacial score (nSPS) is 9.87. The fourth-order valence-corrected chi connectivity index (χ4v) is 1.40. The molecule has 0 aromatic heterocycles. The van der Waals surface area contributed by atoms with E-state index < -0.39 is 5.91 Å². The van der Waals surface area contributed by atoms with Gasteiger partial charge in [0.05, 0.1) is 6.61 Å². The monoisotopic (exact) mass is 214 g/mol. The predicted molar refractivity (Wildman–Crippen MR) is 57.1 cm³/mol. The highest BCUT2D eigenvalue weighted by Gasteiger charge is 1.95. The van der Waals surface area contributed by atoms with Gasteiger partial charge < -0.3 is 4.74 Å². The van der Waals surface area contributed by atoms with Crippen LogP contribution in [0.3, 0.4) is 0 Å². The van der Waals surface area contributed by atoms with Crippen LogP contribution < -0.4 is 5.73 Å². The maximum atomic E-state index is 10.3. The maximum Gasteiger partial charge on any atom is 0.293 e. The van der Waals surface area contributed by atoms with Gasteiger partial charge in [-0.05, 0) is 12.8 Å². The first-order chi connectivity index (χ1) is 7.27. The number of nitrogens with one attached hydrogen (secondary N) is 1. The Morgan fingerprint density at radius 1 is 1.00 bits per heavy atom. The van der Waals surface area contributed by atoms with Gasteiger partial charge in [0.1, 0.15) is 0 Å². The molecule has 0 spiro atoms. The molecule has 0 aromatic carbocycles. The molecule has 0 aromatic rings. The first-order valence-electron chi connectivity index (χ1n) is 5.57. The molecule has 0 saturated heterocycles. The van der Waals surface area contributed by atoms with Gasteiger partial charge in [-0.3, -0.25) is 15.3 Å². The van der Waals surface area contributed by atoms with Crippen LogP contribution in [0.1, 0.15) is 51.4 Å². The molecule has 0 bridgehead atoms. The molecule has 0 unspecified atom stereocenters. The average Bonchev–Trinajstić information content (AvgIpc) is 2.20. The Morgan fingerprint density at radius 2 is 1.53 bits per heavy atom. The summed E-state index contributed by atoms with van der Waals surface area (Å²) in [6, 6.07) is 0. The van der Waals surface area contributed by atoms with E-state index in [2.05, 4.69) is 4.74 Å². The SMILES string of the molecule is [NH]C(=O)CCCCCCCCCOC=O. The first kappa shape index (κ1) is 13.9. The summed E-state index contributed by atoms with van der Waals surface area (Å²) in [5.41, 5.74) is 6.71. The third kappa shape index (κ3) is 12.9. The largest absolute Gasteiger partial charge is 0.468 e. The van der Waals surface area contributed by atoms with Crippen LogP contribution in [0.2, 0.25) is 0 Å². The Bertz CT molecular complexity index is 171. The predicted octanol–water partition coefficient (Wildman–Crippen LogP) is 2.09. The van der Waals surface area contributed by atoms with Gasteiger partial charge in [0, 0.05) is 6.42 Å². The van der Waals surface area contributed by atoms with E-state index in [9.17, 15) is 9.59 Å². The second-order valence-corrected chi connectivity index (χ2v) is 3.62. The van der Waals surface area contributed by atoms with Crippen molar-refractivity contribution in [3.63, 3.8) is 0 Å². The second-order valence-electron chi connectivity index (χ2n) is 3.62. The van der Waals surface area contributed by atoms with E-state index in [-0.39, 0.29) is 0 Å². The molecule has 15 heavy (non-hydrogen) atoms. The van der Waals surface area contributed by atoms with Crippen LogP contribution >= 0.6 is 0 Å². The molecule has 0 fully saturated rings. The van der Waals surface area contributed by atoms with Crippen LogP contribution in [0.25, 0.3) is 0 Å². The summed E-state index contributed by atoms with van der Waals surface area (Å²) < 4.78 is 4.57. The van der Waals surface area contributed by atoms with Crippen LogP contribution in [-0.2, 0) is 14.3 Å². The number of hydrogen-bond donors (Lipinski definition) is 0. The van der Waals surface area contributed by atoms with Gasteiger partial charge >= 0.3 is 0 Å². The Labute approximate surface area is 91.2 Å². The van der Waals surface area contributed by atoms with Gasteiger partial charge in [0.2, 0.25) is 5.91 Å². The van der Waals surface area contributed by atoms with Gasteiger partial charge in [-0.2, -0.15) is 0 Å². The second kappa shape index (κ2) is 11.0. The number of ether oxygens (including phenoxy) is 1. The van der Waals surface area contributed by atoms with Crippen molar-refractivity contribution < 1.29 is 14.3 Å². The van der Waals surface area contributed by atoms with Crippen molar-refractivity contribution in [2.45, 2.75) is 51.4 Å². The number of carbonyl (C=O) groups excluding carboxylic acids is 2. The zero-order valence-corrected chi connectivity index (χ0v) is 9.17. The summed E-state index contributed by atoms with van der Waals surface area (Å²) in [5, 5.41) is 0. The summed E-state index contributed by atoms with van der Waals surface area (Å²) in [6.07, 6.45) is 7.74. The molecule has 4 nitrogen and oxygen atoms in total. The van der Waals surface area contributed by atoms with Gasteiger partial charge in [0.15, 0.2) is 0 Å². The topological polar surface area (TPSA) is 67.2 Å². The van der Waals surface area contributed by atoms with E-state index in [1.54, 1.807) is 0 Å². The molecule has 0 aliphatic rings. The molecule has 1 N–H and O–H groups in total. The average molecular weight is 214 g/mol. The van der Waals surface area contributed by atoms with Crippen molar-refractivity contribution in [1.82, 2.24) is 5.73 Å². The molecule has 0 aliphatic heterocycles. The van der Waals surface area contributed by atoms with Gasteiger partial charge in [0.25, 0.3) is 6.47 Å². The van der Waals surface area contributed by atoms with Crippen LogP contribution in [0.15, 0.2) is 0 Å². The van der Waals surface area contributed by atoms with Crippen molar-refractivity contribution in [3.8, 4) is 0 Å². The van der Waals surface area contributed by atoms with E-state index in [4.69, 9.17) is 5.73 Å². The molecule has 0 heterocycles. The van der Waals surface area contributed by atoms with Crippen molar-refractivity contribution in [2.75, 3.05) is 6.61 Å². The van der Waals surface area contributed by atoms with Crippen LogP contribution in [0.5, 0.6) is 0 Å². The van der Waals surface area contributed by atoms with Crippen molar-refractivity contribution in [3.05, 3.63) is 0 Å². The van der Waals surface area contributed by atoms with Crippen molar-refractivity contribution in [1.29, 1.82) is 0 Å². The molecule has 0 saturated carbocycles. The summed E-state index contributed by atoms with van der Waals surface area (Å²) in [6.45, 7) is 1.01. The molecular weight excluding hydrogens is 194 g/mol. The highest BCUT2D eigenvalue weighted by molar-refractivity contribution is 5.72. The molecule has 0 rings (SSSR count). The van der Waals surface area contributed by atoms with E-state index in [0.29, 0.717) is 19.5 Å². The molecule has 0 aliphatic carbocycles. The molecule has 4 heteroatoms. The van der Waals surface area contributed by atoms with Gasteiger partial charge in [-0.25, -0.2) is 0 Å². The van der Waals surface area contributed by atoms with Crippen LogP contribution in [0.4, 0.5) is 0 Å². The zero-order chi connectivity index (χ0) is 11.4. The molecule has 1 radical (unpaired) electrons. The lowest BCUT2D eigenvalue weighted by molar-refractivity contribution is -0.128. The third-order valence-corrected chi connectivity index (χ3v) is 2.23. The summed E-state index contributed by atoms with van der Waals surface area (Å²) in [4.78, 5) is 20.1. The molecular formula is C11H20NO3. The number of rotatable bonds is 11. The van der Waals surface area contributed by atoms with Crippen LogP contribution in [-0.4, -0.2) is 19.0 Å². The minimum absolute atomic E-state index is 0.396. The minimum atomic E-state index is -0.457. The lowest BCUT2D eigenvalue weighted by Crippen LogP contribution is -1.96. The highest BCUT2D eigenvalue weighted by Crippen LogP contribution is 2.08. The first-order valence-corrected chi connectivity index (χ1v) is 5.57. The number of amides is 1. The lowest BCUT2D eigenvalue weighted by atomic mass is 10.1. The molecule has 1 amide bonds. The lowest BCUT2D eigenvalue weighted by Gasteiger charge is -2.00. The van der Waals surface area contributed by atoms with Crippen LogP contribution in [0, 0.1) is 0 Å². The van der Waals surface area contributed by atoms with E-state index >= 15 is 0 Å². The smallest absolute Gasteiger partial charge is 0.293 e. The zero-order valence-electron chi connectivity index (χ0n) is 9.17. The standard InChI is InChI=1S/C11H20NO3/c12-11(14)8-6-4-2-1-3-5-7-9-15-10-13/h10,12H,1-9H2. The quantitative estimate of drug-likeness (QED) is 0.390. The Morgan fingerprint density at radius 3 is 2.07 bits per heavy atom. The summed E-state index contributed by atoms with van der Waals surface area (Å²) in [5.74, 6) is -0.457. The summed E-state index contributed by atoms with van der Waals surface area (Å²) in [7, 11) is 0.